The summed E-state index contributed by atoms with van der Waals surface area (Å²) >= 11 is 0. The Morgan fingerprint density at radius 3 is 2.45 bits per heavy atom. The second-order valence-electron chi connectivity index (χ2n) is 3.85. The third-order valence-electron chi connectivity index (χ3n) is 2.31. The smallest absolute Gasteiger partial charge is 0.401 e. The zero-order valence-corrected chi connectivity index (χ0v) is 10.4. The van der Waals surface area contributed by atoms with Crippen molar-refractivity contribution in [2.24, 2.45) is 0 Å². The van der Waals surface area contributed by atoms with Crippen molar-refractivity contribution in [2.45, 2.75) is 19.1 Å². The van der Waals surface area contributed by atoms with Crippen molar-refractivity contribution in [1.29, 1.82) is 0 Å². The zero-order chi connectivity index (χ0) is 15.3. The molecule has 0 amide bonds. The maximum Gasteiger partial charge on any atom is 0.401 e. The third kappa shape index (κ3) is 4.76. The maximum atomic E-state index is 13.1. The Labute approximate surface area is 111 Å². The summed E-state index contributed by atoms with van der Waals surface area (Å²) in [6, 6.07) is 0.877. The van der Waals surface area contributed by atoms with Crippen LogP contribution in [0.15, 0.2) is 18.2 Å². The summed E-state index contributed by atoms with van der Waals surface area (Å²) in [4.78, 5) is 11.6. The molecule has 1 aromatic carbocycles. The molecule has 1 atom stereocenters. The van der Waals surface area contributed by atoms with Crippen LogP contribution in [0, 0.1) is 11.6 Å². The molecule has 1 N–H and O–H groups in total. The first-order chi connectivity index (χ1) is 9.24. The molecule has 0 aromatic heterocycles. The van der Waals surface area contributed by atoms with Crippen molar-refractivity contribution in [1.82, 2.24) is 5.32 Å². The highest BCUT2D eigenvalue weighted by Gasteiger charge is 2.31. The monoisotopic (exact) mass is 297 g/mol. The lowest BCUT2D eigenvalue weighted by atomic mass is 10.1. The molecule has 0 heterocycles. The van der Waals surface area contributed by atoms with Gasteiger partial charge in [0.2, 0.25) is 0 Å². The van der Waals surface area contributed by atoms with Gasteiger partial charge in [0.05, 0.1) is 13.2 Å². The number of carbonyl (C=O) groups is 1. The fourth-order valence-corrected chi connectivity index (χ4v) is 1.47. The molecule has 0 aliphatic rings. The number of esters is 1. The minimum atomic E-state index is -4.55. The summed E-state index contributed by atoms with van der Waals surface area (Å²) in [6.07, 6.45) is -4.55. The van der Waals surface area contributed by atoms with Gasteiger partial charge in [-0.25, -0.2) is 13.6 Å². The van der Waals surface area contributed by atoms with Crippen molar-refractivity contribution < 1.29 is 31.5 Å². The average Bonchev–Trinajstić information content (AvgIpc) is 2.32. The van der Waals surface area contributed by atoms with E-state index in [0.717, 1.165) is 12.1 Å². The van der Waals surface area contributed by atoms with Gasteiger partial charge in [0.1, 0.15) is 6.04 Å². The quantitative estimate of drug-likeness (QED) is 0.671. The second-order valence-corrected chi connectivity index (χ2v) is 3.85. The van der Waals surface area contributed by atoms with E-state index in [1.54, 1.807) is 0 Å². The van der Waals surface area contributed by atoms with E-state index in [2.05, 4.69) is 4.74 Å². The first kappa shape index (κ1) is 16.4. The molecular weight excluding hydrogens is 285 g/mol. The van der Waals surface area contributed by atoms with Crippen molar-refractivity contribution in [2.75, 3.05) is 13.2 Å². The van der Waals surface area contributed by atoms with E-state index in [4.69, 9.17) is 0 Å². The predicted molar refractivity (Wildman–Crippen MR) is 59.8 cm³/mol. The average molecular weight is 297 g/mol. The summed E-state index contributed by atoms with van der Waals surface area (Å²) in [5.41, 5.74) is -0.147. The summed E-state index contributed by atoms with van der Waals surface area (Å²) in [5, 5.41) is 1.92. The lowest BCUT2D eigenvalue weighted by Gasteiger charge is -2.18. The summed E-state index contributed by atoms with van der Waals surface area (Å²) in [5.74, 6) is -3.42. The van der Waals surface area contributed by atoms with Gasteiger partial charge in [-0.05, 0) is 24.6 Å². The predicted octanol–water partition coefficient (Wildman–Crippen LogP) is 2.72. The minimum Gasteiger partial charge on any atom is -0.465 e. The summed E-state index contributed by atoms with van der Waals surface area (Å²) < 4.78 is 67.0. The Morgan fingerprint density at radius 2 is 1.95 bits per heavy atom. The summed E-state index contributed by atoms with van der Waals surface area (Å²) in [6.45, 7) is -0.0356. The minimum absolute atomic E-state index is 0.0489. The number of nitrogens with one attached hydrogen (secondary N) is 1. The molecule has 0 aliphatic heterocycles. The van der Waals surface area contributed by atoms with E-state index < -0.39 is 36.4 Å². The number of ether oxygens (including phenoxy) is 1. The fourth-order valence-electron chi connectivity index (χ4n) is 1.47. The first-order valence-electron chi connectivity index (χ1n) is 5.66. The van der Waals surface area contributed by atoms with Gasteiger partial charge in [-0.2, -0.15) is 13.2 Å². The first-order valence-corrected chi connectivity index (χ1v) is 5.66. The van der Waals surface area contributed by atoms with Crippen LogP contribution in [0.2, 0.25) is 0 Å². The number of alkyl halides is 3. The number of carbonyl (C=O) groups excluding carboxylic acids is 1. The van der Waals surface area contributed by atoms with Crippen LogP contribution in [-0.4, -0.2) is 25.3 Å². The second kappa shape index (κ2) is 6.65. The number of hydrogen-bond donors (Lipinski definition) is 1. The largest absolute Gasteiger partial charge is 0.465 e. The highest BCUT2D eigenvalue weighted by atomic mass is 19.4. The molecule has 20 heavy (non-hydrogen) atoms. The Bertz CT molecular complexity index is 475. The zero-order valence-electron chi connectivity index (χ0n) is 10.4. The molecule has 1 aromatic rings. The Morgan fingerprint density at radius 1 is 1.30 bits per heavy atom. The highest BCUT2D eigenvalue weighted by molar-refractivity contribution is 5.77. The molecule has 8 heteroatoms. The van der Waals surface area contributed by atoms with Gasteiger partial charge in [0.15, 0.2) is 11.6 Å². The van der Waals surface area contributed by atoms with Gasteiger partial charge in [0, 0.05) is 0 Å². The fraction of sp³-hybridized carbons (Fsp3) is 0.417. The van der Waals surface area contributed by atoms with E-state index in [9.17, 15) is 26.7 Å². The Hall–Kier alpha value is -1.70. The molecule has 0 saturated heterocycles. The number of halogens is 5. The van der Waals surface area contributed by atoms with Gasteiger partial charge < -0.3 is 4.74 Å². The van der Waals surface area contributed by atoms with Crippen molar-refractivity contribution >= 4 is 5.97 Å². The molecule has 1 unspecified atom stereocenters. The van der Waals surface area contributed by atoms with Gasteiger partial charge in [-0.15, -0.1) is 0 Å². The molecule has 112 valence electrons. The van der Waals surface area contributed by atoms with Crippen LogP contribution in [0.25, 0.3) is 0 Å². The normalized spacial score (nSPS) is 13.1. The van der Waals surface area contributed by atoms with Crippen molar-refractivity contribution in [3.05, 3.63) is 35.4 Å². The molecule has 0 bridgehead atoms. The van der Waals surface area contributed by atoms with E-state index in [-0.39, 0.29) is 12.2 Å². The number of hydrogen-bond acceptors (Lipinski definition) is 3. The van der Waals surface area contributed by atoms with Crippen LogP contribution in [0.4, 0.5) is 22.0 Å². The van der Waals surface area contributed by atoms with Crippen LogP contribution in [-0.2, 0) is 9.53 Å². The molecule has 3 nitrogen and oxygen atoms in total. The Balaban J connectivity index is 2.96. The SMILES string of the molecule is CCOC(=O)C(NCC(F)(F)F)c1ccc(F)c(F)c1. The molecular formula is C12H12F5NO2. The van der Waals surface area contributed by atoms with Crippen LogP contribution in [0.1, 0.15) is 18.5 Å². The van der Waals surface area contributed by atoms with E-state index in [0.29, 0.717) is 6.07 Å². The van der Waals surface area contributed by atoms with E-state index in [1.165, 1.54) is 6.92 Å². The topological polar surface area (TPSA) is 38.3 Å². The van der Waals surface area contributed by atoms with Gasteiger partial charge in [0.25, 0.3) is 0 Å². The van der Waals surface area contributed by atoms with Crippen LogP contribution in [0.3, 0.4) is 0 Å². The van der Waals surface area contributed by atoms with E-state index >= 15 is 0 Å². The molecule has 0 fully saturated rings. The van der Waals surface area contributed by atoms with E-state index in [1.807, 2.05) is 5.32 Å². The van der Waals surface area contributed by atoms with Crippen molar-refractivity contribution in [3.63, 3.8) is 0 Å². The maximum absolute atomic E-state index is 13.1. The Kier molecular flexibility index (Phi) is 5.43. The van der Waals surface area contributed by atoms with Crippen LogP contribution in [0.5, 0.6) is 0 Å². The molecule has 0 aliphatic carbocycles. The third-order valence-corrected chi connectivity index (χ3v) is 2.31. The molecule has 0 spiro atoms. The number of rotatable bonds is 5. The van der Waals surface area contributed by atoms with Crippen LogP contribution < -0.4 is 5.32 Å². The number of benzene rings is 1. The van der Waals surface area contributed by atoms with Crippen LogP contribution >= 0.6 is 0 Å². The standard InChI is InChI=1S/C12H12F5NO2/c1-2-20-11(19)10(18-6-12(15,16)17)7-3-4-8(13)9(14)5-7/h3-5,10,18H,2,6H2,1H3. The van der Waals surface area contributed by atoms with Gasteiger partial charge in [-0.1, -0.05) is 6.07 Å². The lowest BCUT2D eigenvalue weighted by Crippen LogP contribution is -2.37. The molecule has 1 rings (SSSR count). The molecule has 0 saturated carbocycles. The van der Waals surface area contributed by atoms with Gasteiger partial charge >= 0.3 is 12.1 Å². The van der Waals surface area contributed by atoms with Crippen molar-refractivity contribution in [3.8, 4) is 0 Å². The highest BCUT2D eigenvalue weighted by Crippen LogP contribution is 2.20. The molecule has 0 radical (unpaired) electrons. The van der Waals surface area contributed by atoms with Gasteiger partial charge in [-0.3, -0.25) is 5.32 Å². The lowest BCUT2D eigenvalue weighted by molar-refractivity contribution is -0.149. The summed E-state index contributed by atoms with van der Waals surface area (Å²) in [7, 11) is 0.